The third-order valence-corrected chi connectivity index (χ3v) is 5.35. The van der Waals surface area contributed by atoms with E-state index in [1.165, 1.54) is 11.3 Å². The number of hydrogen-bond acceptors (Lipinski definition) is 5. The predicted octanol–water partition coefficient (Wildman–Crippen LogP) is 5.30. The van der Waals surface area contributed by atoms with Gasteiger partial charge in [0.2, 0.25) is 5.13 Å². The Hall–Kier alpha value is -3.71. The third kappa shape index (κ3) is 3.32. The van der Waals surface area contributed by atoms with Crippen molar-refractivity contribution in [2.75, 3.05) is 5.32 Å². The first-order valence-corrected chi connectivity index (χ1v) is 9.92. The highest BCUT2D eigenvalue weighted by Crippen LogP contribution is 2.27. The summed E-state index contributed by atoms with van der Waals surface area (Å²) in [6, 6.07) is 19.1. The molecule has 0 spiro atoms. The van der Waals surface area contributed by atoms with Crippen LogP contribution in [-0.4, -0.2) is 20.7 Å². The van der Waals surface area contributed by atoms with Crippen LogP contribution in [0.15, 0.2) is 76.7 Å². The van der Waals surface area contributed by atoms with Gasteiger partial charge in [-0.3, -0.25) is 4.79 Å². The van der Waals surface area contributed by atoms with E-state index in [4.69, 9.17) is 4.42 Å². The minimum Gasteiger partial charge on any atom is -0.463 e. The number of aryl methyl sites for hydroxylation is 1. The molecule has 7 heteroatoms. The lowest BCUT2D eigenvalue weighted by atomic mass is 10.1. The number of carbonyl (C=O) groups is 1. The van der Waals surface area contributed by atoms with E-state index in [0.717, 1.165) is 22.2 Å². The van der Waals surface area contributed by atoms with Crippen molar-refractivity contribution in [3.05, 3.63) is 83.6 Å². The van der Waals surface area contributed by atoms with Crippen LogP contribution in [0.25, 0.3) is 27.4 Å². The van der Waals surface area contributed by atoms with E-state index in [9.17, 15) is 4.79 Å². The second-order valence-corrected chi connectivity index (χ2v) is 7.43. The van der Waals surface area contributed by atoms with Gasteiger partial charge in [0.15, 0.2) is 5.76 Å². The van der Waals surface area contributed by atoms with Crippen LogP contribution in [0.3, 0.4) is 0 Å². The molecule has 142 valence electrons. The van der Waals surface area contributed by atoms with Crippen molar-refractivity contribution in [1.29, 1.82) is 0 Å². The largest absolute Gasteiger partial charge is 0.463 e. The summed E-state index contributed by atoms with van der Waals surface area (Å²) in [6.45, 7) is 1.88. The molecular weight excluding hydrogens is 384 g/mol. The average molecular weight is 400 g/mol. The second kappa shape index (κ2) is 7.03. The predicted molar refractivity (Wildman–Crippen MR) is 114 cm³/mol. The van der Waals surface area contributed by atoms with E-state index in [1.54, 1.807) is 10.9 Å². The van der Waals surface area contributed by atoms with Crippen molar-refractivity contribution >= 4 is 33.8 Å². The molecule has 29 heavy (non-hydrogen) atoms. The van der Waals surface area contributed by atoms with Crippen molar-refractivity contribution in [1.82, 2.24) is 14.8 Å². The first-order chi connectivity index (χ1) is 14.2. The molecule has 0 fully saturated rings. The van der Waals surface area contributed by atoms with Gasteiger partial charge in [-0.15, -0.1) is 11.3 Å². The summed E-state index contributed by atoms with van der Waals surface area (Å²) in [5.74, 6) is 1.07. The molecular formula is C22H16N4O2S. The summed E-state index contributed by atoms with van der Waals surface area (Å²) in [7, 11) is 0. The Morgan fingerprint density at radius 2 is 1.93 bits per heavy atom. The van der Waals surface area contributed by atoms with E-state index in [0.29, 0.717) is 22.3 Å². The summed E-state index contributed by atoms with van der Waals surface area (Å²) < 4.78 is 7.05. The highest BCUT2D eigenvalue weighted by Gasteiger charge is 2.16. The number of thiazole rings is 1. The Morgan fingerprint density at radius 1 is 1.07 bits per heavy atom. The zero-order chi connectivity index (χ0) is 19.8. The number of fused-ring (bicyclic) bond motifs is 1. The second-order valence-electron chi connectivity index (χ2n) is 6.59. The summed E-state index contributed by atoms with van der Waals surface area (Å²) in [5, 5.41) is 12.1. The lowest BCUT2D eigenvalue weighted by Gasteiger charge is -2.07. The van der Waals surface area contributed by atoms with Gasteiger partial charge in [0.05, 0.1) is 12.0 Å². The zero-order valence-corrected chi connectivity index (χ0v) is 16.3. The molecule has 0 unspecified atom stereocenters. The Labute approximate surface area is 170 Å². The van der Waals surface area contributed by atoms with E-state index < -0.39 is 0 Å². The SMILES string of the molecule is Cc1cc(NC(=O)c2ccc3ccccc3c2)n(-c2nc(-c3ccco3)cs2)n1. The molecule has 3 aromatic heterocycles. The molecule has 0 atom stereocenters. The van der Waals surface area contributed by atoms with Gasteiger partial charge in [0.1, 0.15) is 11.5 Å². The highest BCUT2D eigenvalue weighted by molar-refractivity contribution is 7.12. The van der Waals surface area contributed by atoms with Crippen LogP contribution >= 0.6 is 11.3 Å². The van der Waals surface area contributed by atoms with Crippen LogP contribution in [0, 0.1) is 6.92 Å². The number of carbonyl (C=O) groups excluding carboxylic acids is 1. The molecule has 1 N–H and O–H groups in total. The molecule has 5 rings (SSSR count). The van der Waals surface area contributed by atoms with Gasteiger partial charge in [-0.2, -0.15) is 9.78 Å². The quantitative estimate of drug-likeness (QED) is 0.444. The van der Waals surface area contributed by atoms with Crippen LogP contribution in [0.1, 0.15) is 16.1 Å². The van der Waals surface area contributed by atoms with Gasteiger partial charge in [0.25, 0.3) is 5.91 Å². The Balaban J connectivity index is 1.45. The maximum Gasteiger partial charge on any atom is 0.256 e. The average Bonchev–Trinajstić information content (AvgIpc) is 3.48. The van der Waals surface area contributed by atoms with Gasteiger partial charge in [-0.1, -0.05) is 30.3 Å². The van der Waals surface area contributed by atoms with Crippen molar-refractivity contribution in [2.24, 2.45) is 0 Å². The van der Waals surface area contributed by atoms with Crippen LogP contribution in [0.2, 0.25) is 0 Å². The van der Waals surface area contributed by atoms with E-state index in [2.05, 4.69) is 15.4 Å². The normalized spacial score (nSPS) is 11.1. The molecule has 0 saturated carbocycles. The molecule has 3 heterocycles. The monoisotopic (exact) mass is 400 g/mol. The van der Waals surface area contributed by atoms with Crippen molar-refractivity contribution < 1.29 is 9.21 Å². The standard InChI is InChI=1S/C22H16N4O2S/c1-14-11-20(24-21(27)17-9-8-15-5-2-3-6-16(15)12-17)26(25-14)22-23-18(13-29-22)19-7-4-10-28-19/h2-13H,1H3,(H,24,27). The minimum absolute atomic E-state index is 0.195. The Kier molecular flexibility index (Phi) is 4.22. The summed E-state index contributed by atoms with van der Waals surface area (Å²) in [5.41, 5.74) is 2.10. The number of anilines is 1. The lowest BCUT2D eigenvalue weighted by molar-refractivity contribution is 0.102. The van der Waals surface area contributed by atoms with E-state index >= 15 is 0 Å². The van der Waals surface area contributed by atoms with Crippen molar-refractivity contribution in [3.8, 4) is 16.6 Å². The Morgan fingerprint density at radius 3 is 2.76 bits per heavy atom. The number of nitrogens with zero attached hydrogens (tertiary/aromatic N) is 3. The maximum absolute atomic E-state index is 12.9. The van der Waals surface area contributed by atoms with Gasteiger partial charge < -0.3 is 9.73 Å². The van der Waals surface area contributed by atoms with E-state index in [-0.39, 0.29) is 5.91 Å². The first kappa shape index (κ1) is 17.4. The molecule has 0 aliphatic heterocycles. The molecule has 1 amide bonds. The van der Waals surface area contributed by atoms with Crippen molar-refractivity contribution in [2.45, 2.75) is 6.92 Å². The fraction of sp³-hybridized carbons (Fsp3) is 0.0455. The number of aromatic nitrogens is 3. The van der Waals surface area contributed by atoms with E-state index in [1.807, 2.05) is 73.0 Å². The molecule has 0 saturated heterocycles. The number of benzene rings is 2. The smallest absolute Gasteiger partial charge is 0.256 e. The van der Waals surface area contributed by atoms with Gasteiger partial charge >= 0.3 is 0 Å². The molecule has 0 radical (unpaired) electrons. The number of furan rings is 1. The topological polar surface area (TPSA) is 73.0 Å². The van der Waals surface area contributed by atoms with Crippen molar-refractivity contribution in [3.63, 3.8) is 0 Å². The maximum atomic E-state index is 12.9. The van der Waals surface area contributed by atoms with Crippen LogP contribution in [-0.2, 0) is 0 Å². The minimum atomic E-state index is -0.195. The number of hydrogen-bond donors (Lipinski definition) is 1. The summed E-state index contributed by atoms with van der Waals surface area (Å²) in [4.78, 5) is 17.5. The third-order valence-electron chi connectivity index (χ3n) is 4.53. The molecule has 5 aromatic rings. The number of rotatable bonds is 4. The van der Waals surface area contributed by atoms with Crippen LogP contribution < -0.4 is 5.32 Å². The fourth-order valence-corrected chi connectivity index (χ4v) is 3.93. The fourth-order valence-electron chi connectivity index (χ4n) is 3.15. The van der Waals surface area contributed by atoms with Crippen LogP contribution in [0.4, 0.5) is 5.82 Å². The molecule has 0 aliphatic carbocycles. The highest BCUT2D eigenvalue weighted by atomic mass is 32.1. The number of nitrogens with one attached hydrogen (secondary N) is 1. The van der Waals surface area contributed by atoms with Crippen LogP contribution in [0.5, 0.6) is 0 Å². The van der Waals surface area contributed by atoms with Gasteiger partial charge in [-0.05, 0) is 42.0 Å². The summed E-state index contributed by atoms with van der Waals surface area (Å²) in [6.07, 6.45) is 1.61. The number of amides is 1. The van der Waals surface area contributed by atoms with Gasteiger partial charge in [-0.25, -0.2) is 4.98 Å². The summed E-state index contributed by atoms with van der Waals surface area (Å²) >= 11 is 1.43. The molecule has 0 aliphatic rings. The molecule has 6 nitrogen and oxygen atoms in total. The van der Waals surface area contributed by atoms with Gasteiger partial charge in [0, 0.05) is 17.0 Å². The molecule has 0 bridgehead atoms. The lowest BCUT2D eigenvalue weighted by Crippen LogP contribution is -2.15. The Bertz CT molecular complexity index is 1320. The first-order valence-electron chi connectivity index (χ1n) is 9.04. The molecule has 2 aromatic carbocycles. The zero-order valence-electron chi connectivity index (χ0n) is 15.5.